The maximum Gasteiger partial charge on any atom is 0.337 e. The molecule has 156 valence electrons. The van der Waals surface area contributed by atoms with Crippen LogP contribution in [0.5, 0.6) is 0 Å². The van der Waals surface area contributed by atoms with E-state index >= 15 is 0 Å². The van der Waals surface area contributed by atoms with Gasteiger partial charge in [0.25, 0.3) is 0 Å². The van der Waals surface area contributed by atoms with Gasteiger partial charge in [0.1, 0.15) is 0 Å². The van der Waals surface area contributed by atoms with Crippen LogP contribution in [-0.4, -0.2) is 15.6 Å². The first-order valence-electron chi connectivity index (χ1n) is 10.7. The van der Waals surface area contributed by atoms with Gasteiger partial charge in [-0.2, -0.15) is 0 Å². The summed E-state index contributed by atoms with van der Waals surface area (Å²) in [6, 6.07) is 17.3. The summed E-state index contributed by atoms with van der Waals surface area (Å²) in [7, 11) is 0. The highest BCUT2D eigenvalue weighted by Gasteiger charge is 2.25. The predicted molar refractivity (Wildman–Crippen MR) is 120 cm³/mol. The third-order valence-corrected chi connectivity index (χ3v) is 6.48. The number of aryl methyl sites for hydroxylation is 2. The van der Waals surface area contributed by atoms with Crippen LogP contribution in [0.4, 0.5) is 0 Å². The molecule has 3 aromatic rings. The number of benzene rings is 2. The number of aromatic carboxylic acids is 1. The molecule has 30 heavy (non-hydrogen) atoms. The highest BCUT2D eigenvalue weighted by Crippen LogP contribution is 2.31. The van der Waals surface area contributed by atoms with Crippen LogP contribution >= 0.6 is 0 Å². The summed E-state index contributed by atoms with van der Waals surface area (Å²) in [5, 5.41) is 13.6. The first kappa shape index (κ1) is 20.4. The van der Waals surface area contributed by atoms with Gasteiger partial charge in [0, 0.05) is 36.1 Å². The molecule has 4 rings (SSSR count). The SMILES string of the molecule is Cc1ccc(Cn2c(C)c(CNC3CCCc4ccccc43)c(C(=O)O)c2C)cc1. The van der Waals surface area contributed by atoms with Crippen molar-refractivity contribution in [1.82, 2.24) is 9.88 Å². The first-order valence-corrected chi connectivity index (χ1v) is 10.7. The molecule has 0 amide bonds. The van der Waals surface area contributed by atoms with Crippen molar-refractivity contribution in [3.05, 3.63) is 93.3 Å². The van der Waals surface area contributed by atoms with E-state index < -0.39 is 5.97 Å². The van der Waals surface area contributed by atoms with Gasteiger partial charge in [-0.25, -0.2) is 4.79 Å². The summed E-state index contributed by atoms with van der Waals surface area (Å²) in [5.74, 6) is -0.848. The minimum absolute atomic E-state index is 0.275. The smallest absolute Gasteiger partial charge is 0.337 e. The molecule has 1 unspecified atom stereocenters. The van der Waals surface area contributed by atoms with Crippen molar-refractivity contribution in [2.45, 2.75) is 59.2 Å². The quantitative estimate of drug-likeness (QED) is 0.586. The summed E-state index contributed by atoms with van der Waals surface area (Å²) < 4.78 is 2.14. The van der Waals surface area contributed by atoms with Crippen LogP contribution in [0.2, 0.25) is 0 Å². The average molecular weight is 403 g/mol. The number of nitrogens with one attached hydrogen (secondary N) is 1. The molecule has 0 saturated heterocycles. The van der Waals surface area contributed by atoms with E-state index in [-0.39, 0.29) is 6.04 Å². The number of hydrogen-bond acceptors (Lipinski definition) is 2. The van der Waals surface area contributed by atoms with Crippen LogP contribution in [0.1, 0.15) is 68.4 Å². The molecule has 0 spiro atoms. The van der Waals surface area contributed by atoms with Crippen molar-refractivity contribution in [3.8, 4) is 0 Å². The Balaban J connectivity index is 1.62. The van der Waals surface area contributed by atoms with Crippen LogP contribution in [0.3, 0.4) is 0 Å². The number of hydrogen-bond donors (Lipinski definition) is 2. The number of aromatic nitrogens is 1. The van der Waals surface area contributed by atoms with E-state index in [1.54, 1.807) is 0 Å². The molecular formula is C26H30N2O2. The largest absolute Gasteiger partial charge is 0.478 e. The third-order valence-electron chi connectivity index (χ3n) is 6.48. The zero-order valence-electron chi connectivity index (χ0n) is 18.0. The topological polar surface area (TPSA) is 54.3 Å². The number of carbonyl (C=O) groups is 1. The molecule has 0 bridgehead atoms. The standard InChI is InChI=1S/C26H30N2O2/c1-17-11-13-20(14-12-17)16-28-18(2)23(25(19(28)3)26(29)30)15-27-24-10-6-8-21-7-4-5-9-22(21)24/h4-5,7,9,11-14,24,27H,6,8,10,15-16H2,1-3H3,(H,29,30). The highest BCUT2D eigenvalue weighted by atomic mass is 16.4. The van der Waals surface area contributed by atoms with Gasteiger partial charge in [-0.15, -0.1) is 0 Å². The fraction of sp³-hybridized carbons (Fsp3) is 0.346. The molecular weight excluding hydrogens is 372 g/mol. The second kappa shape index (κ2) is 8.49. The van der Waals surface area contributed by atoms with Crippen LogP contribution in [0, 0.1) is 20.8 Å². The van der Waals surface area contributed by atoms with E-state index in [0.29, 0.717) is 18.7 Å². The minimum atomic E-state index is -0.848. The van der Waals surface area contributed by atoms with E-state index in [0.717, 1.165) is 36.2 Å². The van der Waals surface area contributed by atoms with Crippen molar-refractivity contribution in [3.63, 3.8) is 0 Å². The molecule has 4 heteroatoms. The first-order chi connectivity index (χ1) is 14.5. The lowest BCUT2D eigenvalue weighted by Gasteiger charge is -2.26. The van der Waals surface area contributed by atoms with Crippen LogP contribution in [0.25, 0.3) is 0 Å². The maximum atomic E-state index is 12.1. The van der Waals surface area contributed by atoms with E-state index in [9.17, 15) is 9.90 Å². The Hall–Kier alpha value is -2.85. The summed E-state index contributed by atoms with van der Waals surface area (Å²) in [4.78, 5) is 12.1. The van der Waals surface area contributed by atoms with Gasteiger partial charge in [-0.3, -0.25) is 0 Å². The molecule has 0 radical (unpaired) electrons. The molecule has 1 aliphatic rings. The van der Waals surface area contributed by atoms with Crippen molar-refractivity contribution in [2.75, 3.05) is 0 Å². The van der Waals surface area contributed by atoms with E-state index in [4.69, 9.17) is 0 Å². The Kier molecular flexibility index (Phi) is 5.78. The minimum Gasteiger partial charge on any atom is -0.478 e. The van der Waals surface area contributed by atoms with Crippen molar-refractivity contribution < 1.29 is 9.90 Å². The van der Waals surface area contributed by atoms with Crippen LogP contribution in [-0.2, 0) is 19.5 Å². The van der Waals surface area contributed by atoms with Crippen LogP contribution < -0.4 is 5.32 Å². The van der Waals surface area contributed by atoms with Gasteiger partial charge in [0.2, 0.25) is 0 Å². The number of carboxylic acid groups (broad SMARTS) is 1. The fourth-order valence-corrected chi connectivity index (χ4v) is 4.75. The van der Waals surface area contributed by atoms with Crippen molar-refractivity contribution >= 4 is 5.97 Å². The maximum absolute atomic E-state index is 12.1. The van der Waals surface area contributed by atoms with Gasteiger partial charge >= 0.3 is 5.97 Å². The monoisotopic (exact) mass is 402 g/mol. The zero-order chi connectivity index (χ0) is 21.3. The van der Waals surface area contributed by atoms with Gasteiger partial charge < -0.3 is 15.0 Å². The van der Waals surface area contributed by atoms with Crippen LogP contribution in [0.15, 0.2) is 48.5 Å². The van der Waals surface area contributed by atoms with Gasteiger partial charge in [0.05, 0.1) is 5.56 Å². The van der Waals surface area contributed by atoms with Gasteiger partial charge in [-0.1, -0.05) is 54.1 Å². The van der Waals surface area contributed by atoms with Crippen molar-refractivity contribution in [2.24, 2.45) is 0 Å². The summed E-state index contributed by atoms with van der Waals surface area (Å²) >= 11 is 0. The normalized spacial score (nSPS) is 15.8. The molecule has 1 atom stereocenters. The van der Waals surface area contributed by atoms with Gasteiger partial charge in [-0.05, 0) is 56.7 Å². The second-order valence-corrected chi connectivity index (χ2v) is 8.43. The molecule has 0 aliphatic heterocycles. The Morgan fingerprint density at radius 1 is 1.07 bits per heavy atom. The molecule has 4 nitrogen and oxygen atoms in total. The Labute approximate surface area is 178 Å². The van der Waals surface area contributed by atoms with E-state index in [2.05, 4.69) is 65.3 Å². The van der Waals surface area contributed by atoms with E-state index in [1.165, 1.54) is 22.3 Å². The Morgan fingerprint density at radius 2 is 1.80 bits per heavy atom. The molecule has 1 aliphatic carbocycles. The predicted octanol–water partition coefficient (Wildman–Crippen LogP) is 5.33. The number of rotatable bonds is 6. The Bertz CT molecular complexity index is 1060. The molecule has 2 aromatic carbocycles. The second-order valence-electron chi connectivity index (χ2n) is 8.43. The third kappa shape index (κ3) is 3.92. The fourth-order valence-electron chi connectivity index (χ4n) is 4.75. The molecule has 0 fully saturated rings. The Morgan fingerprint density at radius 3 is 2.53 bits per heavy atom. The number of carboxylic acids is 1. The van der Waals surface area contributed by atoms with Gasteiger partial charge in [0.15, 0.2) is 0 Å². The highest BCUT2D eigenvalue weighted by molar-refractivity contribution is 5.91. The lowest BCUT2D eigenvalue weighted by atomic mass is 9.87. The number of nitrogens with zero attached hydrogens (tertiary/aromatic N) is 1. The van der Waals surface area contributed by atoms with Crippen molar-refractivity contribution in [1.29, 1.82) is 0 Å². The molecule has 1 aromatic heterocycles. The zero-order valence-corrected chi connectivity index (χ0v) is 18.0. The average Bonchev–Trinajstić information content (AvgIpc) is 2.98. The lowest BCUT2D eigenvalue weighted by Crippen LogP contribution is -2.25. The molecule has 0 saturated carbocycles. The lowest BCUT2D eigenvalue weighted by molar-refractivity contribution is 0.0694. The van der Waals surface area contributed by atoms with E-state index in [1.807, 2.05) is 13.8 Å². The summed E-state index contributed by atoms with van der Waals surface area (Å²) in [6.45, 7) is 7.29. The molecule has 2 N–H and O–H groups in total. The molecule has 1 heterocycles. The summed E-state index contributed by atoms with van der Waals surface area (Å²) in [5.41, 5.74) is 8.36. The number of fused-ring (bicyclic) bond motifs is 1. The summed E-state index contributed by atoms with van der Waals surface area (Å²) in [6.07, 6.45) is 3.37.